The Kier molecular flexibility index (Phi) is 6.21. The van der Waals surface area contributed by atoms with Gasteiger partial charge in [0.1, 0.15) is 5.75 Å². The third kappa shape index (κ3) is 4.64. The monoisotopic (exact) mass is 444 g/mol. The van der Waals surface area contributed by atoms with Gasteiger partial charge < -0.3 is 14.5 Å². The van der Waals surface area contributed by atoms with Crippen molar-refractivity contribution in [1.29, 1.82) is 0 Å². The molecule has 0 aliphatic rings. The maximum Gasteiger partial charge on any atom is 0.270 e. The van der Waals surface area contributed by atoms with Crippen LogP contribution < -0.4 is 4.74 Å². The Bertz CT molecular complexity index is 1230. The lowest BCUT2D eigenvalue weighted by Crippen LogP contribution is -2.13. The summed E-state index contributed by atoms with van der Waals surface area (Å²) in [6.07, 6.45) is 5.22. The van der Waals surface area contributed by atoms with Crippen LogP contribution in [0.25, 0.3) is 10.9 Å². The number of fused-ring (bicyclic) bond motifs is 1. The molecule has 0 amide bonds. The molecule has 9 nitrogen and oxygen atoms in total. The molecule has 0 N–H and O–H groups in total. The van der Waals surface area contributed by atoms with E-state index in [0.29, 0.717) is 28.8 Å². The van der Waals surface area contributed by atoms with Crippen molar-refractivity contribution in [2.45, 2.75) is 11.4 Å². The van der Waals surface area contributed by atoms with Crippen LogP contribution in [0.15, 0.2) is 66.0 Å². The predicted octanol–water partition coefficient (Wildman–Crippen LogP) is 3.26. The number of non-ortho nitro benzene ring substituents is 1. The first-order valence-electron chi connectivity index (χ1n) is 9.36. The van der Waals surface area contributed by atoms with Crippen LogP contribution in [-0.2, 0) is 16.6 Å². The Morgan fingerprint density at radius 2 is 1.77 bits per heavy atom. The Morgan fingerprint density at radius 3 is 2.35 bits per heavy atom. The highest BCUT2D eigenvalue weighted by Crippen LogP contribution is 2.30. The minimum absolute atomic E-state index is 0.0935. The number of ether oxygens (including phenoxy) is 1. The first kappa shape index (κ1) is 22.2. The number of nitro benzene ring substituents is 1. The summed E-state index contributed by atoms with van der Waals surface area (Å²) in [6, 6.07) is 10.3. The highest BCUT2D eigenvalue weighted by molar-refractivity contribution is 7.90. The number of rotatable bonds is 8. The van der Waals surface area contributed by atoms with Crippen LogP contribution in [0.1, 0.15) is 5.56 Å². The van der Waals surface area contributed by atoms with Crippen LogP contribution in [0.3, 0.4) is 0 Å². The van der Waals surface area contributed by atoms with Crippen molar-refractivity contribution in [3.8, 4) is 5.75 Å². The molecule has 0 bridgehead atoms. The van der Waals surface area contributed by atoms with E-state index in [-0.39, 0.29) is 10.6 Å². The lowest BCUT2D eigenvalue weighted by atomic mass is 10.1. The molecule has 1 aromatic heterocycles. The molecule has 0 saturated heterocycles. The molecule has 1 heterocycles. The van der Waals surface area contributed by atoms with Gasteiger partial charge in [0.15, 0.2) is 0 Å². The summed E-state index contributed by atoms with van der Waals surface area (Å²) in [4.78, 5) is 14.6. The lowest BCUT2D eigenvalue weighted by molar-refractivity contribution is -0.384. The van der Waals surface area contributed by atoms with Gasteiger partial charge in [-0.1, -0.05) is 0 Å². The highest BCUT2D eigenvalue weighted by Gasteiger charge is 2.23. The molecule has 0 fully saturated rings. The minimum Gasteiger partial charge on any atom is -0.497 e. The lowest BCUT2D eigenvalue weighted by Gasteiger charge is -2.14. The number of nitro groups is 1. The SMILES string of the molecule is COc1ccc(S(=O)(=O)n2cc(CN(C)C=CN(C)C)c3cc([N+](=O)[O-])ccc32)cc1. The van der Waals surface area contributed by atoms with Crippen LogP contribution in [0, 0.1) is 10.1 Å². The molecule has 0 saturated carbocycles. The standard InChI is InChI=1S/C21H24N4O5S/c1-22(2)11-12-23(3)14-16-15-24(21-10-5-17(25(26)27)13-20(16)21)31(28,29)19-8-6-18(30-4)7-9-19/h5-13,15H,14H2,1-4H3. The van der Waals surface area contributed by atoms with Crippen LogP contribution in [0.2, 0.25) is 0 Å². The van der Waals surface area contributed by atoms with Crippen molar-refractivity contribution < 1.29 is 18.1 Å². The quantitative estimate of drug-likeness (QED) is 0.388. The molecule has 0 aliphatic heterocycles. The van der Waals surface area contributed by atoms with Gasteiger partial charge >= 0.3 is 0 Å². The fourth-order valence-electron chi connectivity index (χ4n) is 3.12. The summed E-state index contributed by atoms with van der Waals surface area (Å²) in [5, 5.41) is 11.8. The molecule has 3 rings (SSSR count). The number of nitrogens with zero attached hydrogens (tertiary/aromatic N) is 4. The summed E-state index contributed by atoms with van der Waals surface area (Å²) in [7, 11) is 3.21. The number of hydrogen-bond donors (Lipinski definition) is 0. The van der Waals surface area contributed by atoms with E-state index in [2.05, 4.69) is 0 Å². The van der Waals surface area contributed by atoms with Crippen molar-refractivity contribution in [1.82, 2.24) is 13.8 Å². The van der Waals surface area contributed by atoms with E-state index in [1.807, 2.05) is 43.3 Å². The third-order valence-corrected chi connectivity index (χ3v) is 6.39. The first-order valence-corrected chi connectivity index (χ1v) is 10.8. The van der Waals surface area contributed by atoms with Gasteiger partial charge in [-0.05, 0) is 35.9 Å². The van der Waals surface area contributed by atoms with Gasteiger partial charge in [0.05, 0.1) is 22.4 Å². The summed E-state index contributed by atoms with van der Waals surface area (Å²) in [6.45, 7) is 0.368. The molecule has 0 aliphatic carbocycles. The average Bonchev–Trinajstić information content (AvgIpc) is 3.10. The summed E-state index contributed by atoms with van der Waals surface area (Å²) >= 11 is 0. The van der Waals surface area contributed by atoms with Crippen LogP contribution >= 0.6 is 0 Å². The van der Waals surface area contributed by atoms with Gasteiger partial charge in [-0.15, -0.1) is 0 Å². The summed E-state index contributed by atoms with van der Waals surface area (Å²) < 4.78 is 32.9. The topological polar surface area (TPSA) is 97.9 Å². The summed E-state index contributed by atoms with van der Waals surface area (Å²) in [5.41, 5.74) is 0.933. The number of aromatic nitrogens is 1. The maximum absolute atomic E-state index is 13.3. The Morgan fingerprint density at radius 1 is 1.10 bits per heavy atom. The zero-order chi connectivity index (χ0) is 22.8. The van der Waals surface area contributed by atoms with Crippen molar-refractivity contribution in [2.75, 3.05) is 28.3 Å². The van der Waals surface area contributed by atoms with Gasteiger partial charge in [-0.25, -0.2) is 12.4 Å². The third-order valence-electron chi connectivity index (χ3n) is 4.70. The fourth-order valence-corrected chi connectivity index (χ4v) is 4.51. The molecule has 0 radical (unpaired) electrons. The van der Waals surface area contributed by atoms with E-state index in [0.717, 1.165) is 0 Å². The molecular weight excluding hydrogens is 420 g/mol. The second-order valence-electron chi connectivity index (χ2n) is 7.27. The van der Waals surface area contributed by atoms with Crippen LogP contribution in [0.4, 0.5) is 5.69 Å². The van der Waals surface area contributed by atoms with Gasteiger partial charge in [0.25, 0.3) is 15.7 Å². The largest absolute Gasteiger partial charge is 0.497 e. The number of methoxy groups -OCH3 is 1. The van der Waals surface area contributed by atoms with Crippen molar-refractivity contribution in [3.05, 3.63) is 76.7 Å². The second kappa shape index (κ2) is 8.68. The normalized spacial score (nSPS) is 11.7. The van der Waals surface area contributed by atoms with Gasteiger partial charge in [-0.2, -0.15) is 0 Å². The Balaban J connectivity index is 2.14. The van der Waals surface area contributed by atoms with Gasteiger partial charge in [0.2, 0.25) is 0 Å². The number of hydrogen-bond acceptors (Lipinski definition) is 7. The minimum atomic E-state index is -3.92. The van der Waals surface area contributed by atoms with E-state index >= 15 is 0 Å². The maximum atomic E-state index is 13.3. The molecule has 2 aromatic carbocycles. The van der Waals surface area contributed by atoms with Gasteiger partial charge in [0, 0.05) is 63.8 Å². The predicted molar refractivity (Wildman–Crippen MR) is 118 cm³/mol. The van der Waals surface area contributed by atoms with E-state index in [1.165, 1.54) is 47.6 Å². The highest BCUT2D eigenvalue weighted by atomic mass is 32.2. The van der Waals surface area contributed by atoms with Crippen LogP contribution in [-0.4, -0.2) is 55.4 Å². The van der Waals surface area contributed by atoms with E-state index < -0.39 is 14.9 Å². The second-order valence-corrected chi connectivity index (χ2v) is 9.08. The first-order chi connectivity index (χ1) is 14.6. The molecular formula is C21H24N4O5S. The van der Waals surface area contributed by atoms with Crippen molar-refractivity contribution in [2.24, 2.45) is 0 Å². The molecule has 31 heavy (non-hydrogen) atoms. The zero-order valence-electron chi connectivity index (χ0n) is 17.7. The molecule has 3 aromatic rings. The molecule has 10 heteroatoms. The molecule has 164 valence electrons. The fraction of sp³-hybridized carbons (Fsp3) is 0.238. The molecule has 0 unspecified atom stereocenters. The van der Waals surface area contributed by atoms with E-state index in [1.54, 1.807) is 12.1 Å². The van der Waals surface area contributed by atoms with Crippen LogP contribution in [0.5, 0.6) is 5.75 Å². The van der Waals surface area contributed by atoms with Crippen molar-refractivity contribution >= 4 is 26.6 Å². The smallest absolute Gasteiger partial charge is 0.270 e. The zero-order valence-corrected chi connectivity index (χ0v) is 18.5. The number of benzene rings is 2. The van der Waals surface area contributed by atoms with Gasteiger partial charge in [-0.3, -0.25) is 10.1 Å². The van der Waals surface area contributed by atoms with Crippen molar-refractivity contribution in [3.63, 3.8) is 0 Å². The van der Waals surface area contributed by atoms with E-state index in [4.69, 9.17) is 4.74 Å². The van der Waals surface area contributed by atoms with E-state index in [9.17, 15) is 18.5 Å². The molecule has 0 spiro atoms. The molecule has 0 atom stereocenters. The Hall–Kier alpha value is -3.53. The average molecular weight is 445 g/mol. The Labute approximate surface area is 181 Å². The summed E-state index contributed by atoms with van der Waals surface area (Å²) in [5.74, 6) is 0.543.